The highest BCUT2D eigenvalue weighted by atomic mass is 16.3. The van der Waals surface area contributed by atoms with Crippen LogP contribution in [0.2, 0.25) is 0 Å². The second-order valence-corrected chi connectivity index (χ2v) is 7.27. The zero-order chi connectivity index (χ0) is 17.7. The average Bonchev–Trinajstić information content (AvgIpc) is 2.99. The quantitative estimate of drug-likeness (QED) is 0.723. The molecule has 0 aromatic heterocycles. The lowest BCUT2D eigenvalue weighted by Crippen LogP contribution is -2.34. The minimum atomic E-state index is -0.416. The maximum absolute atomic E-state index is 12.2. The van der Waals surface area contributed by atoms with Crippen molar-refractivity contribution in [1.29, 1.82) is 0 Å². The summed E-state index contributed by atoms with van der Waals surface area (Å²) >= 11 is 0. The molecule has 5 heteroatoms. The van der Waals surface area contributed by atoms with Gasteiger partial charge in [0.15, 0.2) is 0 Å². The van der Waals surface area contributed by atoms with Gasteiger partial charge >= 0.3 is 0 Å². The summed E-state index contributed by atoms with van der Waals surface area (Å²) in [5, 5.41) is 14.9. The normalized spacial score (nSPS) is 20.0. The molecule has 0 aliphatic heterocycles. The van der Waals surface area contributed by atoms with E-state index >= 15 is 0 Å². The number of hydrogen-bond donors (Lipinski definition) is 3. The number of benzene rings is 1. The molecule has 1 aliphatic carbocycles. The van der Waals surface area contributed by atoms with Crippen LogP contribution in [0.25, 0.3) is 0 Å². The highest BCUT2D eigenvalue weighted by Crippen LogP contribution is 2.17. The zero-order valence-electron chi connectivity index (χ0n) is 14.5. The summed E-state index contributed by atoms with van der Waals surface area (Å²) in [6.07, 6.45) is 4.60. The van der Waals surface area contributed by atoms with Crippen LogP contribution in [0, 0.1) is 11.3 Å². The molecule has 130 valence electrons. The predicted molar refractivity (Wildman–Crippen MR) is 93.3 cm³/mol. The Morgan fingerprint density at radius 3 is 2.38 bits per heavy atom. The molecule has 0 heterocycles. The molecule has 1 aliphatic rings. The fourth-order valence-electron chi connectivity index (χ4n) is 2.49. The number of hydrogen-bond acceptors (Lipinski definition) is 3. The van der Waals surface area contributed by atoms with E-state index in [0.29, 0.717) is 12.1 Å². The van der Waals surface area contributed by atoms with E-state index in [9.17, 15) is 9.59 Å². The maximum Gasteiger partial charge on any atom is 0.251 e. The van der Waals surface area contributed by atoms with Gasteiger partial charge in [0.25, 0.3) is 5.91 Å². The minimum Gasteiger partial charge on any atom is -0.396 e. The maximum atomic E-state index is 12.2. The number of carbonyl (C=O) groups is 2. The van der Waals surface area contributed by atoms with Crippen LogP contribution < -0.4 is 10.6 Å². The molecule has 1 aromatic rings. The van der Waals surface area contributed by atoms with Gasteiger partial charge in [0.2, 0.25) is 5.91 Å². The van der Waals surface area contributed by atoms with Gasteiger partial charge in [-0.05, 0) is 24.1 Å². The molecule has 2 atom stereocenters. The van der Waals surface area contributed by atoms with Gasteiger partial charge in [-0.1, -0.05) is 45.1 Å². The van der Waals surface area contributed by atoms with Gasteiger partial charge in [0, 0.05) is 36.1 Å². The van der Waals surface area contributed by atoms with Crippen LogP contribution in [-0.2, 0) is 11.3 Å². The molecule has 1 aromatic carbocycles. The SMILES string of the molecule is CC(C)(C)C(=O)NCc1ccc(C(=O)N[C@@H]2C=C[C@H](CO)C2)cc1. The van der Waals surface area contributed by atoms with Crippen LogP contribution >= 0.6 is 0 Å². The fraction of sp³-hybridized carbons (Fsp3) is 0.474. The Balaban J connectivity index is 1.86. The smallest absolute Gasteiger partial charge is 0.251 e. The van der Waals surface area contributed by atoms with Crippen molar-refractivity contribution in [3.8, 4) is 0 Å². The number of rotatable bonds is 5. The number of carbonyl (C=O) groups excluding carboxylic acids is 2. The molecule has 0 bridgehead atoms. The minimum absolute atomic E-state index is 0.00391. The molecule has 0 spiro atoms. The van der Waals surface area contributed by atoms with Gasteiger partial charge in [-0.2, -0.15) is 0 Å². The Bertz CT molecular complexity index is 614. The van der Waals surface area contributed by atoms with Crippen LogP contribution in [0.1, 0.15) is 43.1 Å². The monoisotopic (exact) mass is 330 g/mol. The van der Waals surface area contributed by atoms with Crippen LogP contribution in [0.5, 0.6) is 0 Å². The third kappa shape index (κ3) is 4.93. The molecule has 24 heavy (non-hydrogen) atoms. The molecule has 0 fully saturated rings. The topological polar surface area (TPSA) is 78.4 Å². The van der Waals surface area contributed by atoms with Gasteiger partial charge < -0.3 is 15.7 Å². The lowest BCUT2D eigenvalue weighted by molar-refractivity contribution is -0.128. The van der Waals surface area contributed by atoms with Crippen molar-refractivity contribution in [2.75, 3.05) is 6.61 Å². The van der Waals surface area contributed by atoms with Crippen molar-refractivity contribution in [3.05, 3.63) is 47.5 Å². The van der Waals surface area contributed by atoms with Crippen molar-refractivity contribution in [3.63, 3.8) is 0 Å². The van der Waals surface area contributed by atoms with Gasteiger partial charge in [0.1, 0.15) is 0 Å². The first-order valence-electron chi connectivity index (χ1n) is 8.27. The molecular weight excluding hydrogens is 304 g/mol. The predicted octanol–water partition coefficient (Wildman–Crippen LogP) is 2.02. The first-order chi connectivity index (χ1) is 11.3. The molecule has 2 amide bonds. The molecule has 5 nitrogen and oxygen atoms in total. The summed E-state index contributed by atoms with van der Waals surface area (Å²) in [5.41, 5.74) is 1.12. The standard InChI is InChI=1S/C19H26N2O3/c1-19(2,3)18(24)20-11-13-4-7-15(8-5-13)17(23)21-16-9-6-14(10-16)12-22/h4-9,14,16,22H,10-12H2,1-3H3,(H,20,24)(H,21,23)/t14-,16+/m0/s1. The number of amides is 2. The summed E-state index contributed by atoms with van der Waals surface area (Å²) in [5.74, 6) is -0.00611. The molecule has 3 N–H and O–H groups in total. The van der Waals surface area contributed by atoms with E-state index in [1.165, 1.54) is 0 Å². The highest BCUT2D eigenvalue weighted by Gasteiger charge is 2.21. The van der Waals surface area contributed by atoms with Crippen LogP contribution in [-0.4, -0.2) is 29.6 Å². The molecule has 0 radical (unpaired) electrons. The first-order valence-corrected chi connectivity index (χ1v) is 8.27. The number of aliphatic hydroxyl groups is 1. The Hall–Kier alpha value is -2.14. The summed E-state index contributed by atoms with van der Waals surface area (Å²) in [7, 11) is 0. The largest absolute Gasteiger partial charge is 0.396 e. The van der Waals surface area contributed by atoms with E-state index in [1.54, 1.807) is 12.1 Å². The van der Waals surface area contributed by atoms with Crippen LogP contribution in [0.15, 0.2) is 36.4 Å². The Labute approximate surface area is 143 Å². The van der Waals surface area contributed by atoms with Gasteiger partial charge in [-0.15, -0.1) is 0 Å². The van der Waals surface area contributed by atoms with E-state index in [4.69, 9.17) is 5.11 Å². The van der Waals surface area contributed by atoms with E-state index < -0.39 is 5.41 Å². The van der Waals surface area contributed by atoms with Crippen LogP contribution in [0.3, 0.4) is 0 Å². The molecule has 0 saturated carbocycles. The second-order valence-electron chi connectivity index (χ2n) is 7.27. The summed E-state index contributed by atoms with van der Waals surface area (Å²) in [6, 6.07) is 7.18. The average molecular weight is 330 g/mol. The second kappa shape index (κ2) is 7.62. The van der Waals surface area contributed by atoms with E-state index in [-0.39, 0.29) is 30.4 Å². The number of aliphatic hydroxyl groups excluding tert-OH is 1. The summed E-state index contributed by atoms with van der Waals surface area (Å²) in [4.78, 5) is 24.1. The van der Waals surface area contributed by atoms with Gasteiger partial charge in [0.05, 0.1) is 0 Å². The van der Waals surface area contributed by atoms with Gasteiger partial charge in [-0.3, -0.25) is 9.59 Å². The van der Waals surface area contributed by atoms with Crippen molar-refractivity contribution in [2.45, 2.75) is 39.8 Å². The van der Waals surface area contributed by atoms with E-state index in [2.05, 4.69) is 10.6 Å². The first kappa shape index (κ1) is 18.2. The van der Waals surface area contributed by atoms with Gasteiger partial charge in [-0.25, -0.2) is 0 Å². The van der Waals surface area contributed by atoms with Crippen molar-refractivity contribution >= 4 is 11.8 Å². The number of nitrogens with one attached hydrogen (secondary N) is 2. The molecular formula is C19H26N2O3. The lowest BCUT2D eigenvalue weighted by atomic mass is 9.95. The van der Waals surface area contributed by atoms with Crippen molar-refractivity contribution in [1.82, 2.24) is 10.6 Å². The Morgan fingerprint density at radius 2 is 1.83 bits per heavy atom. The zero-order valence-corrected chi connectivity index (χ0v) is 14.5. The molecule has 0 saturated heterocycles. The third-order valence-electron chi connectivity index (χ3n) is 4.07. The highest BCUT2D eigenvalue weighted by molar-refractivity contribution is 5.94. The van der Waals surface area contributed by atoms with Crippen LogP contribution in [0.4, 0.5) is 0 Å². The fourth-order valence-corrected chi connectivity index (χ4v) is 2.49. The lowest BCUT2D eigenvalue weighted by Gasteiger charge is -2.17. The van der Waals surface area contributed by atoms with Crippen molar-refractivity contribution in [2.24, 2.45) is 11.3 Å². The van der Waals surface area contributed by atoms with Crippen molar-refractivity contribution < 1.29 is 14.7 Å². The van der Waals surface area contributed by atoms with E-state index in [1.807, 2.05) is 45.1 Å². The summed E-state index contributed by atoms with van der Waals surface area (Å²) in [6.45, 7) is 6.16. The third-order valence-corrected chi connectivity index (χ3v) is 4.07. The van der Waals surface area contributed by atoms with E-state index in [0.717, 1.165) is 12.0 Å². The Morgan fingerprint density at radius 1 is 1.17 bits per heavy atom. The summed E-state index contributed by atoms with van der Waals surface area (Å²) < 4.78 is 0. The molecule has 2 rings (SSSR count). The Kier molecular flexibility index (Phi) is 5.78. The molecule has 0 unspecified atom stereocenters.